The number of nitrogens with zero attached hydrogens (tertiary/aromatic N) is 1. The molecule has 1 saturated heterocycles. The molecule has 10 nitrogen and oxygen atoms in total. The molecule has 3 fully saturated rings. The molecule has 1 aromatic carbocycles. The van der Waals surface area contributed by atoms with Crippen LogP contribution in [0.2, 0.25) is 0 Å². The van der Waals surface area contributed by atoms with E-state index >= 15 is 0 Å². The number of piperidine rings is 1. The molecule has 1 aliphatic heterocycles. The maximum absolute atomic E-state index is 13.7. The van der Waals surface area contributed by atoms with Crippen LogP contribution in [0.5, 0.6) is 5.75 Å². The zero-order valence-electron chi connectivity index (χ0n) is 21.2. The molecule has 0 bridgehead atoms. The number of carbonyl (C=O) groups is 5. The summed E-state index contributed by atoms with van der Waals surface area (Å²) in [6.45, 7) is 4.51. The number of benzene rings is 1. The minimum absolute atomic E-state index is 0.0202. The lowest BCUT2D eigenvalue weighted by Crippen LogP contribution is -2.55. The summed E-state index contributed by atoms with van der Waals surface area (Å²) in [6.07, 6.45) is 1.78. The molecule has 0 spiro atoms. The molecule has 5 atom stereocenters. The number of rotatable bonds is 8. The summed E-state index contributed by atoms with van der Waals surface area (Å²) in [7, 11) is 1.56. The van der Waals surface area contributed by atoms with Crippen molar-refractivity contribution in [3.05, 3.63) is 30.0 Å². The van der Waals surface area contributed by atoms with Gasteiger partial charge in [-0.05, 0) is 54.7 Å². The Labute approximate surface area is 214 Å². The Morgan fingerprint density at radius 2 is 2.03 bits per heavy atom. The fourth-order valence-corrected chi connectivity index (χ4v) is 6.45. The zero-order chi connectivity index (χ0) is 26.6. The molecule has 0 unspecified atom stereocenters. The average Bonchev–Trinajstić information content (AvgIpc) is 3.38. The molecular weight excluding hydrogens is 476 g/mol. The number of ketones is 2. The quantitative estimate of drug-likeness (QED) is 0.461. The van der Waals surface area contributed by atoms with Crippen LogP contribution in [0.1, 0.15) is 50.0 Å². The topological polar surface area (TPSA) is 152 Å². The van der Waals surface area contributed by atoms with Gasteiger partial charge in [-0.15, -0.1) is 0 Å². The van der Waals surface area contributed by atoms with E-state index in [4.69, 9.17) is 10.5 Å². The smallest absolute Gasteiger partial charge is 0.287 e. The molecule has 5 rings (SSSR count). The first-order valence-corrected chi connectivity index (χ1v) is 12.7. The first-order chi connectivity index (χ1) is 17.5. The van der Waals surface area contributed by atoms with E-state index in [1.54, 1.807) is 24.1 Å². The zero-order valence-corrected chi connectivity index (χ0v) is 21.2. The standard InChI is InChI=1S/C27H32N4O6/c1-27(2)15-12-31(26(36)18-11-14-16(29-18)7-5-9-20(14)37-3)22(21(15)27)25(35)30-17(23(33)24(28)34)10-13-6-4-8-19(13)32/h5,7,9,11,13,15,17,21-22,29H,4,6,8,10,12H2,1-3H3,(H2,28,34)(H,30,35)/t13-,15-,17-,21-,22-/m0/s1. The summed E-state index contributed by atoms with van der Waals surface area (Å²) in [5.41, 5.74) is 6.19. The molecule has 37 heavy (non-hydrogen) atoms. The predicted octanol–water partition coefficient (Wildman–Crippen LogP) is 1.57. The van der Waals surface area contributed by atoms with Crippen molar-refractivity contribution in [2.75, 3.05) is 13.7 Å². The van der Waals surface area contributed by atoms with Gasteiger partial charge in [-0.1, -0.05) is 19.9 Å². The molecule has 10 heteroatoms. The van der Waals surface area contributed by atoms with Crippen molar-refractivity contribution in [2.24, 2.45) is 28.9 Å². The summed E-state index contributed by atoms with van der Waals surface area (Å²) < 4.78 is 5.40. The Morgan fingerprint density at radius 1 is 1.27 bits per heavy atom. The van der Waals surface area contributed by atoms with Crippen LogP contribution in [0.15, 0.2) is 24.3 Å². The van der Waals surface area contributed by atoms with Gasteiger partial charge in [0.05, 0.1) is 13.2 Å². The number of likely N-dealkylation sites (tertiary alicyclic amines) is 1. The number of nitrogens with two attached hydrogens (primary N) is 1. The summed E-state index contributed by atoms with van der Waals surface area (Å²) in [5, 5.41) is 3.45. The Morgan fingerprint density at radius 3 is 2.68 bits per heavy atom. The van der Waals surface area contributed by atoms with E-state index in [1.807, 2.05) is 12.1 Å². The molecule has 4 N–H and O–H groups in total. The van der Waals surface area contributed by atoms with Crippen LogP contribution in [0.4, 0.5) is 0 Å². The van der Waals surface area contributed by atoms with E-state index in [0.717, 1.165) is 10.9 Å². The summed E-state index contributed by atoms with van der Waals surface area (Å²) in [4.78, 5) is 68.5. The first kappa shape index (κ1) is 25.0. The van der Waals surface area contributed by atoms with E-state index < -0.39 is 35.6 Å². The second-order valence-electron chi connectivity index (χ2n) is 11.0. The number of hydrogen-bond acceptors (Lipinski definition) is 6. The summed E-state index contributed by atoms with van der Waals surface area (Å²) >= 11 is 0. The van der Waals surface area contributed by atoms with Crippen molar-refractivity contribution in [1.82, 2.24) is 15.2 Å². The predicted molar refractivity (Wildman–Crippen MR) is 134 cm³/mol. The van der Waals surface area contributed by atoms with Crippen LogP contribution in [0.25, 0.3) is 10.9 Å². The third-order valence-electron chi connectivity index (χ3n) is 8.64. The molecule has 0 radical (unpaired) electrons. The number of primary amides is 1. The molecule has 2 heterocycles. The number of methoxy groups -OCH3 is 1. The van der Waals surface area contributed by atoms with Gasteiger partial charge in [0, 0.05) is 29.8 Å². The number of H-pyrrole nitrogens is 1. The van der Waals surface area contributed by atoms with Crippen molar-refractivity contribution in [3.63, 3.8) is 0 Å². The van der Waals surface area contributed by atoms with Crippen molar-refractivity contribution in [1.29, 1.82) is 0 Å². The number of fused-ring (bicyclic) bond motifs is 2. The molecule has 1 aromatic heterocycles. The van der Waals surface area contributed by atoms with Crippen LogP contribution in [-0.2, 0) is 19.2 Å². The van der Waals surface area contributed by atoms with Crippen molar-refractivity contribution < 1.29 is 28.7 Å². The maximum Gasteiger partial charge on any atom is 0.287 e. The highest BCUT2D eigenvalue weighted by Crippen LogP contribution is 2.65. The number of aromatic amines is 1. The van der Waals surface area contributed by atoms with Gasteiger partial charge in [-0.2, -0.15) is 0 Å². The molecule has 2 saturated carbocycles. The van der Waals surface area contributed by atoms with Gasteiger partial charge in [0.1, 0.15) is 23.3 Å². The number of Topliss-reactive ketones (excluding diaryl/α,β-unsaturated/α-hetero) is 2. The maximum atomic E-state index is 13.7. The lowest BCUT2D eigenvalue weighted by molar-refractivity contribution is -0.139. The first-order valence-electron chi connectivity index (χ1n) is 12.7. The third kappa shape index (κ3) is 4.18. The van der Waals surface area contributed by atoms with Gasteiger partial charge in [0.15, 0.2) is 0 Å². The minimum atomic E-state index is -1.20. The van der Waals surface area contributed by atoms with Gasteiger partial charge >= 0.3 is 0 Å². The third-order valence-corrected chi connectivity index (χ3v) is 8.64. The van der Waals surface area contributed by atoms with Gasteiger partial charge in [0.2, 0.25) is 11.7 Å². The average molecular weight is 509 g/mol. The number of nitrogens with one attached hydrogen (secondary N) is 2. The van der Waals surface area contributed by atoms with Crippen LogP contribution in [-0.4, -0.2) is 64.9 Å². The second kappa shape index (κ2) is 9.00. The highest BCUT2D eigenvalue weighted by atomic mass is 16.5. The van der Waals surface area contributed by atoms with Crippen LogP contribution in [0.3, 0.4) is 0 Å². The molecule has 2 aromatic rings. The lowest BCUT2D eigenvalue weighted by atomic mass is 9.94. The minimum Gasteiger partial charge on any atom is -0.496 e. The largest absolute Gasteiger partial charge is 0.496 e. The molecule has 3 amide bonds. The Kier molecular flexibility index (Phi) is 6.08. The highest BCUT2D eigenvalue weighted by molar-refractivity contribution is 6.38. The van der Waals surface area contributed by atoms with Crippen LogP contribution < -0.4 is 15.8 Å². The number of hydrogen-bond donors (Lipinski definition) is 3. The lowest BCUT2D eigenvalue weighted by Gasteiger charge is -2.31. The molecule has 196 valence electrons. The van der Waals surface area contributed by atoms with E-state index in [1.165, 1.54) is 0 Å². The van der Waals surface area contributed by atoms with Crippen molar-refractivity contribution >= 4 is 40.2 Å². The second-order valence-corrected chi connectivity index (χ2v) is 11.0. The summed E-state index contributed by atoms with van der Waals surface area (Å²) in [6, 6.07) is 5.16. The van der Waals surface area contributed by atoms with E-state index in [9.17, 15) is 24.0 Å². The van der Waals surface area contributed by atoms with Crippen LogP contribution in [0, 0.1) is 23.2 Å². The fourth-order valence-electron chi connectivity index (χ4n) is 6.45. The van der Waals surface area contributed by atoms with Crippen molar-refractivity contribution in [2.45, 2.75) is 51.6 Å². The van der Waals surface area contributed by atoms with Crippen molar-refractivity contribution in [3.8, 4) is 5.75 Å². The van der Waals surface area contributed by atoms with Gasteiger partial charge in [0.25, 0.3) is 11.8 Å². The number of aromatic nitrogens is 1. The van der Waals surface area contributed by atoms with Gasteiger partial charge in [-0.25, -0.2) is 0 Å². The van der Waals surface area contributed by atoms with E-state index in [0.29, 0.717) is 37.3 Å². The van der Waals surface area contributed by atoms with Gasteiger partial charge < -0.3 is 25.7 Å². The number of amides is 3. The number of ether oxygens (including phenoxy) is 1. The Hall–Kier alpha value is -3.69. The SMILES string of the molecule is COc1cccc2[nH]c(C(=O)N3C[C@H]4[C@@H]([C@H]3C(=O)N[C@@H](C[C@@H]3CCCC3=O)C(=O)C(N)=O)C4(C)C)cc12. The Bertz CT molecular complexity index is 1310. The highest BCUT2D eigenvalue weighted by Gasteiger charge is 2.69. The normalized spacial score (nSPS) is 26.6. The molecule has 3 aliphatic rings. The fraction of sp³-hybridized carbons (Fsp3) is 0.519. The Balaban J connectivity index is 1.41. The van der Waals surface area contributed by atoms with Crippen LogP contribution >= 0.6 is 0 Å². The number of carbonyl (C=O) groups excluding carboxylic acids is 5. The van der Waals surface area contributed by atoms with E-state index in [-0.39, 0.29) is 35.4 Å². The van der Waals surface area contributed by atoms with Gasteiger partial charge in [-0.3, -0.25) is 24.0 Å². The molecule has 2 aliphatic carbocycles. The van der Waals surface area contributed by atoms with E-state index in [2.05, 4.69) is 24.1 Å². The summed E-state index contributed by atoms with van der Waals surface area (Å²) in [5.74, 6) is -2.64. The monoisotopic (exact) mass is 508 g/mol. The molecular formula is C27H32N4O6.